The summed E-state index contributed by atoms with van der Waals surface area (Å²) in [4.78, 5) is 14.4. The van der Waals surface area contributed by atoms with Gasteiger partial charge in [-0.3, -0.25) is 9.48 Å². The number of ether oxygens (including phenoxy) is 1. The molecule has 2 fully saturated rings. The summed E-state index contributed by atoms with van der Waals surface area (Å²) in [6, 6.07) is 0. The molecule has 2 aliphatic rings. The monoisotopic (exact) mass is 351 g/mol. The van der Waals surface area contributed by atoms with Crippen LogP contribution in [0.5, 0.6) is 0 Å². The number of carbonyl (C=O) groups excluding carboxylic acids is 1. The van der Waals surface area contributed by atoms with Crippen molar-refractivity contribution in [1.29, 1.82) is 0 Å². The van der Waals surface area contributed by atoms with E-state index >= 15 is 0 Å². The topological polar surface area (TPSA) is 87.8 Å². The molecule has 2 aliphatic heterocycles. The number of piperidine rings is 1. The van der Waals surface area contributed by atoms with Crippen molar-refractivity contribution in [1.82, 2.24) is 14.7 Å². The molecule has 0 radical (unpaired) electrons. The summed E-state index contributed by atoms with van der Waals surface area (Å²) >= 11 is 0. The van der Waals surface area contributed by atoms with Crippen LogP contribution in [0.2, 0.25) is 0 Å². The van der Waals surface area contributed by atoms with Crippen molar-refractivity contribution >= 4 is 5.91 Å². The molecule has 0 aromatic carbocycles. The van der Waals surface area contributed by atoms with E-state index in [1.165, 1.54) is 0 Å². The number of hydrogen-bond donors (Lipinski definition) is 2. The summed E-state index contributed by atoms with van der Waals surface area (Å²) in [7, 11) is 1.92. The van der Waals surface area contributed by atoms with Crippen LogP contribution < -0.4 is 0 Å². The Balaban J connectivity index is 1.55. The highest BCUT2D eigenvalue weighted by atomic mass is 16.5. The molecule has 2 N–H and O–H groups in total. The predicted octanol–water partition coefficient (Wildman–Crippen LogP) is 0.473. The van der Waals surface area contributed by atoms with E-state index in [2.05, 4.69) is 5.10 Å². The Labute approximate surface area is 148 Å². The van der Waals surface area contributed by atoms with Gasteiger partial charge in [0.15, 0.2) is 0 Å². The number of aliphatic hydroxyl groups excluding tert-OH is 2. The fourth-order valence-corrected chi connectivity index (χ4v) is 4.12. The number of carbonyl (C=O) groups is 1. The number of aromatic nitrogens is 2. The number of rotatable bonds is 3. The quantitative estimate of drug-likeness (QED) is 0.827. The molecule has 0 bridgehead atoms. The van der Waals surface area contributed by atoms with E-state index in [4.69, 9.17) is 4.74 Å². The molecule has 0 aliphatic carbocycles. The second-order valence-electron chi connectivity index (χ2n) is 7.37. The first-order chi connectivity index (χ1) is 11.8. The van der Waals surface area contributed by atoms with Crippen LogP contribution >= 0.6 is 0 Å². The van der Waals surface area contributed by atoms with E-state index in [1.807, 2.05) is 30.5 Å². The van der Waals surface area contributed by atoms with Crippen molar-refractivity contribution in [2.45, 2.75) is 63.8 Å². The van der Waals surface area contributed by atoms with Crippen LogP contribution in [-0.2, 0) is 23.0 Å². The summed E-state index contributed by atoms with van der Waals surface area (Å²) < 4.78 is 7.68. The number of likely N-dealkylation sites (tertiary alicyclic amines) is 1. The van der Waals surface area contributed by atoms with Gasteiger partial charge >= 0.3 is 0 Å². The lowest BCUT2D eigenvalue weighted by Crippen LogP contribution is -2.60. The molecular weight excluding hydrogens is 322 g/mol. The van der Waals surface area contributed by atoms with Crippen LogP contribution in [0.3, 0.4) is 0 Å². The fourth-order valence-electron chi connectivity index (χ4n) is 4.12. The van der Waals surface area contributed by atoms with Crippen LogP contribution in [0.4, 0.5) is 0 Å². The zero-order valence-corrected chi connectivity index (χ0v) is 15.4. The third-order valence-electron chi connectivity index (χ3n) is 5.92. The first kappa shape index (κ1) is 18.4. The molecule has 3 heterocycles. The number of aryl methyl sites for hydroxylation is 2. The number of aliphatic hydroxyl groups is 2. The second kappa shape index (κ2) is 7.05. The fraction of sp³-hybridized carbons (Fsp3) is 0.778. The lowest BCUT2D eigenvalue weighted by Gasteiger charge is -2.48. The van der Waals surface area contributed by atoms with Gasteiger partial charge in [-0.1, -0.05) is 0 Å². The Kier molecular flexibility index (Phi) is 5.18. The van der Waals surface area contributed by atoms with E-state index in [9.17, 15) is 15.0 Å². The highest BCUT2D eigenvalue weighted by Gasteiger charge is 2.47. The molecule has 1 amide bonds. The van der Waals surface area contributed by atoms with Gasteiger partial charge in [0, 0.05) is 32.3 Å². The molecule has 1 aromatic heterocycles. The third kappa shape index (κ3) is 3.45. The number of nitrogens with zero attached hydrogens (tertiary/aromatic N) is 3. The Morgan fingerprint density at radius 3 is 2.60 bits per heavy atom. The molecule has 0 unspecified atom stereocenters. The van der Waals surface area contributed by atoms with E-state index in [-0.39, 0.29) is 5.91 Å². The maximum atomic E-state index is 12.6. The molecular formula is C18H29N3O4. The lowest BCUT2D eigenvalue weighted by atomic mass is 9.80. The molecule has 1 aromatic rings. The minimum absolute atomic E-state index is 0.128. The highest BCUT2D eigenvalue weighted by Crippen LogP contribution is 2.35. The van der Waals surface area contributed by atoms with Crippen LogP contribution in [-0.4, -0.2) is 68.3 Å². The van der Waals surface area contributed by atoms with Crippen LogP contribution in [0.15, 0.2) is 0 Å². The summed E-state index contributed by atoms with van der Waals surface area (Å²) in [5, 5.41) is 24.6. The molecule has 2 atom stereocenters. The molecule has 3 rings (SSSR count). The second-order valence-corrected chi connectivity index (χ2v) is 7.37. The number of hydrogen-bond acceptors (Lipinski definition) is 5. The van der Waals surface area contributed by atoms with Gasteiger partial charge in [-0.25, -0.2) is 0 Å². The minimum atomic E-state index is -0.862. The Bertz CT molecular complexity index is 635. The van der Waals surface area contributed by atoms with Crippen LogP contribution in [0.1, 0.15) is 42.6 Å². The number of amides is 1. The van der Waals surface area contributed by atoms with Crippen molar-refractivity contribution < 1.29 is 19.7 Å². The van der Waals surface area contributed by atoms with Crippen LogP contribution in [0.25, 0.3) is 0 Å². The normalized spacial score (nSPS) is 26.2. The van der Waals surface area contributed by atoms with Crippen molar-refractivity contribution in [2.24, 2.45) is 7.05 Å². The van der Waals surface area contributed by atoms with E-state index in [0.29, 0.717) is 51.8 Å². The summed E-state index contributed by atoms with van der Waals surface area (Å²) in [6.07, 6.45) is 1.18. The standard InChI is InChI=1S/C18H29N3O4/c1-12-14(13(2)20(3)19-12)4-5-16(23)21-9-7-18(8-10-21)17(24)15(22)6-11-25-18/h15,17,22,24H,4-11H2,1-3H3/t15-,17-/m0/s1. The highest BCUT2D eigenvalue weighted by molar-refractivity contribution is 5.76. The van der Waals surface area contributed by atoms with Gasteiger partial charge in [0.1, 0.15) is 6.10 Å². The molecule has 25 heavy (non-hydrogen) atoms. The maximum absolute atomic E-state index is 12.6. The van der Waals surface area contributed by atoms with Gasteiger partial charge in [0.25, 0.3) is 0 Å². The predicted molar refractivity (Wildman–Crippen MR) is 92.1 cm³/mol. The molecule has 7 nitrogen and oxygen atoms in total. The van der Waals surface area contributed by atoms with Gasteiger partial charge < -0.3 is 19.8 Å². The molecule has 0 saturated carbocycles. The zero-order valence-electron chi connectivity index (χ0n) is 15.4. The first-order valence-electron chi connectivity index (χ1n) is 9.11. The average molecular weight is 351 g/mol. The molecule has 2 saturated heterocycles. The van der Waals surface area contributed by atoms with Crippen LogP contribution in [0, 0.1) is 13.8 Å². The zero-order chi connectivity index (χ0) is 18.2. The summed E-state index contributed by atoms with van der Waals surface area (Å²) in [5.74, 6) is 0.128. The van der Waals surface area contributed by atoms with Crippen molar-refractivity contribution in [3.05, 3.63) is 17.0 Å². The average Bonchev–Trinajstić information content (AvgIpc) is 2.83. The smallest absolute Gasteiger partial charge is 0.222 e. The van der Waals surface area contributed by atoms with E-state index in [0.717, 1.165) is 17.0 Å². The lowest BCUT2D eigenvalue weighted by molar-refractivity contribution is -0.214. The third-order valence-corrected chi connectivity index (χ3v) is 5.92. The van der Waals surface area contributed by atoms with Gasteiger partial charge in [-0.05, 0) is 45.1 Å². The van der Waals surface area contributed by atoms with Gasteiger partial charge in [0.05, 0.1) is 24.0 Å². The first-order valence-corrected chi connectivity index (χ1v) is 9.11. The van der Waals surface area contributed by atoms with Gasteiger partial charge in [-0.15, -0.1) is 0 Å². The molecule has 140 valence electrons. The SMILES string of the molecule is Cc1nn(C)c(C)c1CCC(=O)N1CCC2(CC1)OCC[C@H](O)[C@@H]2O. The summed E-state index contributed by atoms with van der Waals surface area (Å²) in [6.45, 7) is 5.59. The minimum Gasteiger partial charge on any atom is -0.390 e. The Hall–Kier alpha value is -1.44. The van der Waals surface area contributed by atoms with Gasteiger partial charge in [-0.2, -0.15) is 5.10 Å². The Morgan fingerprint density at radius 2 is 2.00 bits per heavy atom. The van der Waals surface area contributed by atoms with E-state index < -0.39 is 17.8 Å². The largest absolute Gasteiger partial charge is 0.390 e. The molecule has 1 spiro atoms. The summed E-state index contributed by atoms with van der Waals surface area (Å²) in [5.41, 5.74) is 2.55. The Morgan fingerprint density at radius 1 is 1.32 bits per heavy atom. The van der Waals surface area contributed by atoms with E-state index in [1.54, 1.807) is 0 Å². The van der Waals surface area contributed by atoms with Crippen molar-refractivity contribution in [3.63, 3.8) is 0 Å². The van der Waals surface area contributed by atoms with Gasteiger partial charge in [0.2, 0.25) is 5.91 Å². The van der Waals surface area contributed by atoms with Crippen molar-refractivity contribution in [3.8, 4) is 0 Å². The molecule has 7 heteroatoms. The maximum Gasteiger partial charge on any atom is 0.222 e. The van der Waals surface area contributed by atoms with Crippen molar-refractivity contribution in [2.75, 3.05) is 19.7 Å².